The zero-order chi connectivity index (χ0) is 16.2. The summed E-state index contributed by atoms with van der Waals surface area (Å²) in [6.07, 6.45) is 0. The third-order valence-electron chi connectivity index (χ3n) is 3.26. The summed E-state index contributed by atoms with van der Waals surface area (Å²) in [5.41, 5.74) is 1.15. The van der Waals surface area contributed by atoms with Gasteiger partial charge in [0.05, 0.1) is 12.6 Å². The topological polar surface area (TPSA) is 96.1 Å². The van der Waals surface area contributed by atoms with Gasteiger partial charge in [0.25, 0.3) is 5.91 Å². The zero-order valence-electron chi connectivity index (χ0n) is 12.3. The highest BCUT2D eigenvalue weighted by Crippen LogP contribution is 2.24. The van der Waals surface area contributed by atoms with Crippen LogP contribution in [0.4, 0.5) is 10.6 Å². The third-order valence-corrected chi connectivity index (χ3v) is 3.26. The largest absolute Gasteiger partial charge is 0.497 e. The second kappa shape index (κ2) is 6.18. The lowest BCUT2D eigenvalue weighted by molar-refractivity contribution is 0.0967. The van der Waals surface area contributed by atoms with Crippen LogP contribution >= 0.6 is 0 Å². The first-order chi connectivity index (χ1) is 11.2. The van der Waals surface area contributed by atoms with Crippen molar-refractivity contribution in [3.05, 3.63) is 54.1 Å². The van der Waals surface area contributed by atoms with Gasteiger partial charge in [0.2, 0.25) is 0 Å². The van der Waals surface area contributed by atoms with E-state index in [1.54, 1.807) is 55.6 Å². The van der Waals surface area contributed by atoms with Gasteiger partial charge in [0, 0.05) is 10.9 Å². The monoisotopic (exact) mass is 310 g/mol. The molecule has 0 atom stereocenters. The second-order valence-electron chi connectivity index (χ2n) is 4.76. The van der Waals surface area contributed by atoms with E-state index >= 15 is 0 Å². The number of amides is 3. The highest BCUT2D eigenvalue weighted by Gasteiger charge is 2.13. The molecule has 7 nitrogen and oxygen atoms in total. The van der Waals surface area contributed by atoms with E-state index in [1.807, 2.05) is 0 Å². The Hall–Kier alpha value is -3.35. The molecule has 0 spiro atoms. The molecule has 0 aliphatic carbocycles. The van der Waals surface area contributed by atoms with Gasteiger partial charge in [0.1, 0.15) is 5.75 Å². The summed E-state index contributed by atoms with van der Waals surface area (Å²) < 4.78 is 5.15. The molecule has 0 aliphatic rings. The first-order valence-electron chi connectivity index (χ1n) is 6.87. The smallest absolute Gasteiger partial charge is 0.327 e. The van der Waals surface area contributed by atoms with Gasteiger partial charge in [-0.2, -0.15) is 5.10 Å². The van der Waals surface area contributed by atoms with Crippen LogP contribution in [-0.2, 0) is 0 Å². The minimum absolute atomic E-state index is 0.317. The number of methoxy groups -OCH3 is 1. The molecule has 3 N–H and O–H groups in total. The summed E-state index contributed by atoms with van der Waals surface area (Å²) in [7, 11) is 1.56. The van der Waals surface area contributed by atoms with Crippen LogP contribution in [0.15, 0.2) is 48.5 Å². The molecule has 0 saturated carbocycles. The number of aromatic amines is 1. The number of carbonyl (C=O) groups excluding carboxylic acids is 2. The van der Waals surface area contributed by atoms with Crippen LogP contribution < -0.4 is 15.4 Å². The summed E-state index contributed by atoms with van der Waals surface area (Å²) in [6, 6.07) is 13.1. The van der Waals surface area contributed by atoms with Crippen molar-refractivity contribution in [2.75, 3.05) is 12.4 Å². The molecule has 0 fully saturated rings. The average molecular weight is 310 g/mol. The van der Waals surface area contributed by atoms with Crippen molar-refractivity contribution in [2.24, 2.45) is 0 Å². The van der Waals surface area contributed by atoms with Gasteiger partial charge in [0.15, 0.2) is 5.82 Å². The van der Waals surface area contributed by atoms with Crippen molar-refractivity contribution in [3.8, 4) is 5.75 Å². The molecule has 0 unspecified atom stereocenters. The van der Waals surface area contributed by atoms with E-state index in [-0.39, 0.29) is 0 Å². The first-order valence-corrected chi connectivity index (χ1v) is 6.87. The van der Waals surface area contributed by atoms with Crippen LogP contribution in [0.5, 0.6) is 5.75 Å². The van der Waals surface area contributed by atoms with Crippen molar-refractivity contribution >= 4 is 28.7 Å². The number of aromatic nitrogens is 2. The van der Waals surface area contributed by atoms with E-state index in [1.165, 1.54) is 0 Å². The van der Waals surface area contributed by atoms with Crippen molar-refractivity contribution < 1.29 is 14.3 Å². The SMILES string of the molecule is COc1ccc2[nH]nc(NC(=O)NC(=O)c3ccccc3)c2c1. The zero-order valence-corrected chi connectivity index (χ0v) is 12.3. The Morgan fingerprint density at radius 2 is 1.91 bits per heavy atom. The number of imide groups is 1. The molecule has 3 amide bonds. The van der Waals surface area contributed by atoms with Crippen LogP contribution in [0.25, 0.3) is 10.9 Å². The maximum absolute atomic E-state index is 12.0. The number of urea groups is 1. The Morgan fingerprint density at radius 1 is 1.13 bits per heavy atom. The average Bonchev–Trinajstić information content (AvgIpc) is 2.97. The predicted molar refractivity (Wildman–Crippen MR) is 85.6 cm³/mol. The number of nitrogens with zero attached hydrogens (tertiary/aromatic N) is 1. The number of fused-ring (bicyclic) bond motifs is 1. The van der Waals surface area contributed by atoms with Crippen molar-refractivity contribution in [1.29, 1.82) is 0 Å². The number of H-pyrrole nitrogens is 1. The Kier molecular flexibility index (Phi) is 3.92. The molecule has 2 aromatic carbocycles. The van der Waals surface area contributed by atoms with E-state index < -0.39 is 11.9 Å². The fourth-order valence-electron chi connectivity index (χ4n) is 2.12. The quantitative estimate of drug-likeness (QED) is 0.692. The predicted octanol–water partition coefficient (Wildman–Crippen LogP) is 2.53. The van der Waals surface area contributed by atoms with Gasteiger partial charge in [-0.25, -0.2) is 4.79 Å². The number of anilines is 1. The van der Waals surface area contributed by atoms with Gasteiger partial charge in [-0.1, -0.05) is 18.2 Å². The normalized spacial score (nSPS) is 10.3. The maximum atomic E-state index is 12.0. The highest BCUT2D eigenvalue weighted by molar-refractivity contribution is 6.09. The summed E-state index contributed by atoms with van der Waals surface area (Å²) in [4.78, 5) is 23.9. The number of hydrogen-bond acceptors (Lipinski definition) is 4. The summed E-state index contributed by atoms with van der Waals surface area (Å²) >= 11 is 0. The molecule has 23 heavy (non-hydrogen) atoms. The van der Waals surface area contributed by atoms with Gasteiger partial charge in [-0.15, -0.1) is 0 Å². The minimum atomic E-state index is -0.657. The van der Waals surface area contributed by atoms with Crippen molar-refractivity contribution in [3.63, 3.8) is 0 Å². The fourth-order valence-corrected chi connectivity index (χ4v) is 2.12. The van der Waals surface area contributed by atoms with Gasteiger partial charge in [-0.3, -0.25) is 20.5 Å². The highest BCUT2D eigenvalue weighted by atomic mass is 16.5. The van der Waals surface area contributed by atoms with Gasteiger partial charge in [-0.05, 0) is 30.3 Å². The van der Waals surface area contributed by atoms with E-state index in [0.717, 1.165) is 5.52 Å². The second-order valence-corrected chi connectivity index (χ2v) is 4.76. The number of rotatable bonds is 3. The molecule has 1 heterocycles. The summed E-state index contributed by atoms with van der Waals surface area (Å²) in [5, 5.41) is 12.3. The lowest BCUT2D eigenvalue weighted by Gasteiger charge is -2.05. The summed E-state index contributed by atoms with van der Waals surface area (Å²) in [5.74, 6) is 0.473. The number of benzene rings is 2. The molecule has 7 heteroatoms. The number of hydrogen-bond donors (Lipinski definition) is 3. The van der Waals surface area contributed by atoms with E-state index in [4.69, 9.17) is 4.74 Å². The Morgan fingerprint density at radius 3 is 2.65 bits per heavy atom. The van der Waals surface area contributed by atoms with E-state index in [9.17, 15) is 9.59 Å². The molecular weight excluding hydrogens is 296 g/mol. The van der Waals surface area contributed by atoms with Crippen LogP contribution in [0.2, 0.25) is 0 Å². The van der Waals surface area contributed by atoms with Crippen molar-refractivity contribution in [1.82, 2.24) is 15.5 Å². The lowest BCUT2D eigenvalue weighted by atomic mass is 10.2. The van der Waals surface area contributed by atoms with Gasteiger partial charge >= 0.3 is 6.03 Å². The molecule has 0 radical (unpaired) electrons. The van der Waals surface area contributed by atoms with E-state index in [2.05, 4.69) is 20.8 Å². The van der Waals surface area contributed by atoms with Gasteiger partial charge < -0.3 is 4.74 Å². The van der Waals surface area contributed by atoms with Crippen LogP contribution in [0.1, 0.15) is 10.4 Å². The number of carbonyl (C=O) groups is 2. The molecule has 116 valence electrons. The Bertz CT molecular complexity index is 858. The Labute approximate surface area is 131 Å². The Balaban J connectivity index is 1.74. The third kappa shape index (κ3) is 3.13. The lowest BCUT2D eigenvalue weighted by Crippen LogP contribution is -2.34. The summed E-state index contributed by atoms with van der Waals surface area (Å²) in [6.45, 7) is 0. The molecule has 0 saturated heterocycles. The fraction of sp³-hybridized carbons (Fsp3) is 0.0625. The van der Waals surface area contributed by atoms with Crippen molar-refractivity contribution in [2.45, 2.75) is 0 Å². The standard InChI is InChI=1S/C16H14N4O3/c1-23-11-7-8-13-12(9-11)14(20-19-13)17-16(22)18-15(21)10-5-3-2-4-6-10/h2-9H,1H3,(H3,17,18,19,20,21,22). The molecular formula is C16H14N4O3. The van der Waals surface area contributed by atoms with Crippen LogP contribution in [0.3, 0.4) is 0 Å². The molecule has 0 bridgehead atoms. The number of nitrogens with one attached hydrogen (secondary N) is 3. The molecule has 3 aromatic rings. The maximum Gasteiger partial charge on any atom is 0.327 e. The molecule has 3 rings (SSSR count). The molecule has 1 aromatic heterocycles. The minimum Gasteiger partial charge on any atom is -0.497 e. The van der Waals surface area contributed by atoms with Crippen LogP contribution in [-0.4, -0.2) is 29.2 Å². The van der Waals surface area contributed by atoms with E-state index in [0.29, 0.717) is 22.5 Å². The number of ether oxygens (including phenoxy) is 1. The van der Waals surface area contributed by atoms with Crippen LogP contribution in [0, 0.1) is 0 Å². The molecule has 0 aliphatic heterocycles. The first kappa shape index (κ1) is 14.6.